The van der Waals surface area contributed by atoms with Crippen molar-refractivity contribution >= 4 is 23.6 Å². The number of ether oxygens (including phenoxy) is 1. The van der Waals surface area contributed by atoms with Crippen molar-refractivity contribution in [2.24, 2.45) is 0 Å². The van der Waals surface area contributed by atoms with Crippen LogP contribution in [0, 0.1) is 0 Å². The molecule has 1 aromatic carbocycles. The van der Waals surface area contributed by atoms with Crippen molar-refractivity contribution in [3.8, 4) is 0 Å². The van der Waals surface area contributed by atoms with Crippen LogP contribution in [0.4, 0.5) is 17.3 Å². The quantitative estimate of drug-likeness (QED) is 0.750. The van der Waals surface area contributed by atoms with Crippen LogP contribution in [0.1, 0.15) is 10.4 Å². The van der Waals surface area contributed by atoms with Crippen molar-refractivity contribution in [2.45, 2.75) is 0 Å². The summed E-state index contributed by atoms with van der Waals surface area (Å²) in [5, 5.41) is 6.52. The summed E-state index contributed by atoms with van der Waals surface area (Å²) < 4.78 is 5.34. The number of nitrogens with one attached hydrogen (secondary N) is 2. The number of aldehydes is 1. The van der Waals surface area contributed by atoms with Crippen LogP contribution in [0.3, 0.4) is 0 Å². The van der Waals surface area contributed by atoms with Gasteiger partial charge < -0.3 is 15.4 Å². The minimum atomic E-state index is 0.647. The summed E-state index contributed by atoms with van der Waals surface area (Å²) in [4.78, 5) is 21.5. The van der Waals surface area contributed by atoms with E-state index >= 15 is 0 Å². The third kappa shape index (κ3) is 4.74. The van der Waals surface area contributed by atoms with E-state index in [1.165, 1.54) is 6.33 Å². The molecular formula is C17H21N5O2. The Morgan fingerprint density at radius 1 is 1.12 bits per heavy atom. The zero-order chi connectivity index (χ0) is 16.6. The highest BCUT2D eigenvalue weighted by atomic mass is 16.5. The molecule has 24 heavy (non-hydrogen) atoms. The van der Waals surface area contributed by atoms with E-state index in [-0.39, 0.29) is 0 Å². The summed E-state index contributed by atoms with van der Waals surface area (Å²) in [5.41, 5.74) is 1.52. The first kappa shape index (κ1) is 16.4. The zero-order valence-electron chi connectivity index (χ0n) is 13.4. The predicted molar refractivity (Wildman–Crippen MR) is 92.9 cm³/mol. The lowest BCUT2D eigenvalue weighted by atomic mass is 10.2. The molecule has 7 nitrogen and oxygen atoms in total. The Balaban J connectivity index is 1.52. The summed E-state index contributed by atoms with van der Waals surface area (Å²) >= 11 is 0. The minimum absolute atomic E-state index is 0.647. The molecule has 0 unspecified atom stereocenters. The van der Waals surface area contributed by atoms with Crippen LogP contribution < -0.4 is 10.6 Å². The van der Waals surface area contributed by atoms with Crippen molar-refractivity contribution < 1.29 is 9.53 Å². The van der Waals surface area contributed by atoms with E-state index in [4.69, 9.17) is 4.74 Å². The third-order valence-electron chi connectivity index (χ3n) is 3.82. The third-order valence-corrected chi connectivity index (χ3v) is 3.82. The van der Waals surface area contributed by atoms with Gasteiger partial charge in [0.1, 0.15) is 24.2 Å². The lowest BCUT2D eigenvalue weighted by Gasteiger charge is -2.26. The number of morpholine rings is 1. The standard InChI is InChI=1S/C17H21N5O2/c23-12-14-1-3-15(4-2-14)21-17-11-16(19-13-20-17)18-5-6-22-7-9-24-10-8-22/h1-4,11-13H,5-10H2,(H2,18,19,20,21). The Morgan fingerprint density at radius 2 is 1.88 bits per heavy atom. The Labute approximate surface area is 141 Å². The number of hydrogen-bond acceptors (Lipinski definition) is 7. The zero-order valence-corrected chi connectivity index (χ0v) is 13.4. The van der Waals surface area contributed by atoms with Gasteiger partial charge in [-0.25, -0.2) is 9.97 Å². The monoisotopic (exact) mass is 327 g/mol. The van der Waals surface area contributed by atoms with E-state index in [2.05, 4.69) is 25.5 Å². The molecule has 1 aliphatic rings. The van der Waals surface area contributed by atoms with Crippen LogP contribution >= 0.6 is 0 Å². The molecule has 0 saturated carbocycles. The molecule has 7 heteroatoms. The van der Waals surface area contributed by atoms with Gasteiger partial charge in [-0.2, -0.15) is 0 Å². The summed E-state index contributed by atoms with van der Waals surface area (Å²) in [6.07, 6.45) is 2.35. The van der Waals surface area contributed by atoms with Gasteiger partial charge in [0, 0.05) is 43.5 Å². The van der Waals surface area contributed by atoms with Gasteiger partial charge in [0.05, 0.1) is 13.2 Å². The second-order valence-electron chi connectivity index (χ2n) is 5.53. The number of anilines is 3. The van der Waals surface area contributed by atoms with Crippen LogP contribution in [-0.4, -0.2) is 60.5 Å². The van der Waals surface area contributed by atoms with Crippen molar-refractivity contribution in [3.05, 3.63) is 42.2 Å². The van der Waals surface area contributed by atoms with Gasteiger partial charge in [-0.15, -0.1) is 0 Å². The maximum atomic E-state index is 10.7. The van der Waals surface area contributed by atoms with E-state index in [1.807, 2.05) is 18.2 Å². The first-order valence-electron chi connectivity index (χ1n) is 8.02. The highest BCUT2D eigenvalue weighted by molar-refractivity contribution is 5.76. The molecule has 0 atom stereocenters. The van der Waals surface area contributed by atoms with Gasteiger partial charge in [0.2, 0.25) is 0 Å². The average molecular weight is 327 g/mol. The highest BCUT2D eigenvalue weighted by Crippen LogP contribution is 2.16. The Bertz CT molecular complexity index is 656. The van der Waals surface area contributed by atoms with Crippen LogP contribution in [-0.2, 0) is 4.74 Å². The maximum Gasteiger partial charge on any atom is 0.150 e. The second-order valence-corrected chi connectivity index (χ2v) is 5.53. The molecule has 1 fully saturated rings. The van der Waals surface area contributed by atoms with Gasteiger partial charge >= 0.3 is 0 Å². The average Bonchev–Trinajstić information content (AvgIpc) is 2.64. The molecule has 0 aliphatic carbocycles. The number of carbonyl (C=O) groups is 1. The number of carbonyl (C=O) groups excluding carboxylic acids is 1. The van der Waals surface area contributed by atoms with Crippen LogP contribution in [0.25, 0.3) is 0 Å². The lowest BCUT2D eigenvalue weighted by Crippen LogP contribution is -2.39. The van der Waals surface area contributed by atoms with E-state index in [1.54, 1.807) is 12.1 Å². The molecule has 1 saturated heterocycles. The first-order valence-corrected chi connectivity index (χ1v) is 8.02. The normalized spacial score (nSPS) is 15.0. The SMILES string of the molecule is O=Cc1ccc(Nc2cc(NCCN3CCOCC3)ncn2)cc1. The molecule has 2 N–H and O–H groups in total. The number of aromatic nitrogens is 2. The Morgan fingerprint density at radius 3 is 2.62 bits per heavy atom. The van der Waals surface area contributed by atoms with E-state index in [9.17, 15) is 4.79 Å². The summed E-state index contributed by atoms with van der Waals surface area (Å²) in [5.74, 6) is 1.49. The van der Waals surface area contributed by atoms with Gasteiger partial charge in [0.15, 0.2) is 0 Å². The fourth-order valence-electron chi connectivity index (χ4n) is 2.48. The number of hydrogen-bond donors (Lipinski definition) is 2. The van der Waals surface area contributed by atoms with Gasteiger partial charge in [-0.3, -0.25) is 9.69 Å². The second kappa shape index (κ2) is 8.37. The van der Waals surface area contributed by atoms with Crippen LogP contribution in [0.15, 0.2) is 36.7 Å². The molecule has 2 aromatic rings. The Kier molecular flexibility index (Phi) is 5.70. The lowest BCUT2D eigenvalue weighted by molar-refractivity contribution is 0.0398. The molecular weight excluding hydrogens is 306 g/mol. The molecule has 2 heterocycles. The molecule has 126 valence electrons. The molecule has 0 bridgehead atoms. The first-order chi connectivity index (χ1) is 11.8. The van der Waals surface area contributed by atoms with Crippen LogP contribution in [0.5, 0.6) is 0 Å². The van der Waals surface area contributed by atoms with E-state index < -0.39 is 0 Å². The fraction of sp³-hybridized carbons (Fsp3) is 0.353. The summed E-state index contributed by atoms with van der Waals surface area (Å²) in [6, 6.07) is 9.08. The number of benzene rings is 1. The molecule has 0 radical (unpaired) electrons. The van der Waals surface area contributed by atoms with E-state index in [0.29, 0.717) is 11.4 Å². The largest absolute Gasteiger partial charge is 0.379 e. The molecule has 1 aromatic heterocycles. The highest BCUT2D eigenvalue weighted by Gasteiger charge is 2.09. The summed E-state index contributed by atoms with van der Waals surface area (Å²) in [7, 11) is 0. The van der Waals surface area contributed by atoms with Crippen molar-refractivity contribution in [1.29, 1.82) is 0 Å². The van der Waals surface area contributed by atoms with E-state index in [0.717, 1.165) is 57.2 Å². The maximum absolute atomic E-state index is 10.7. The topological polar surface area (TPSA) is 79.4 Å². The fourth-order valence-corrected chi connectivity index (χ4v) is 2.48. The van der Waals surface area contributed by atoms with Crippen molar-refractivity contribution in [3.63, 3.8) is 0 Å². The minimum Gasteiger partial charge on any atom is -0.379 e. The molecule has 0 spiro atoms. The van der Waals surface area contributed by atoms with Crippen LogP contribution in [0.2, 0.25) is 0 Å². The smallest absolute Gasteiger partial charge is 0.150 e. The molecule has 3 rings (SSSR count). The van der Waals surface area contributed by atoms with Gasteiger partial charge in [-0.05, 0) is 24.3 Å². The van der Waals surface area contributed by atoms with Crippen molar-refractivity contribution in [2.75, 3.05) is 50.0 Å². The Hall–Kier alpha value is -2.51. The molecule has 0 amide bonds. The van der Waals surface area contributed by atoms with Gasteiger partial charge in [0.25, 0.3) is 0 Å². The predicted octanol–water partition coefficient (Wildman–Crippen LogP) is 1.78. The number of nitrogens with zero attached hydrogens (tertiary/aromatic N) is 3. The number of rotatable bonds is 7. The van der Waals surface area contributed by atoms with Gasteiger partial charge in [-0.1, -0.05) is 0 Å². The summed E-state index contributed by atoms with van der Waals surface area (Å²) in [6.45, 7) is 5.37. The molecule has 1 aliphatic heterocycles. The van der Waals surface area contributed by atoms with Crippen molar-refractivity contribution in [1.82, 2.24) is 14.9 Å².